The van der Waals surface area contributed by atoms with E-state index in [9.17, 15) is 0 Å². The first-order valence-electron chi connectivity index (χ1n) is 13.7. The summed E-state index contributed by atoms with van der Waals surface area (Å²) in [6.07, 6.45) is 4.83. The van der Waals surface area contributed by atoms with Gasteiger partial charge in [0, 0.05) is 31.3 Å². The smallest absolute Gasteiger partial charge is 0.145 e. The fraction of sp³-hybridized carbons (Fsp3) is 0.235. The molecule has 0 aliphatic rings. The molecule has 2 heterocycles. The molecular formula is C34H32N2O2S2. The molecule has 0 atom stereocenters. The van der Waals surface area contributed by atoms with Gasteiger partial charge in [-0.2, -0.15) is 0 Å². The standard InChI is InChI=1S/C34H32N2O2S2/c1-37-29-19-11-15-25-31(29)35-27-17-7-5-13-23(27)33(25)39-21-9-3-4-10-22-40-34-24-14-6-8-18-28(24)36-32-26(34)16-12-20-30(32)38-2/h5-8,11-20H,3-4,9-10,21-22H2,1-2H3. The molecule has 202 valence electrons. The summed E-state index contributed by atoms with van der Waals surface area (Å²) in [6, 6.07) is 29.3. The van der Waals surface area contributed by atoms with Gasteiger partial charge in [0.05, 0.1) is 25.3 Å². The number of thioether (sulfide) groups is 2. The molecule has 4 nitrogen and oxygen atoms in total. The number of fused-ring (bicyclic) bond motifs is 4. The van der Waals surface area contributed by atoms with Crippen molar-refractivity contribution in [2.45, 2.75) is 35.5 Å². The number of para-hydroxylation sites is 4. The minimum absolute atomic E-state index is 0.829. The zero-order valence-electron chi connectivity index (χ0n) is 22.9. The van der Waals surface area contributed by atoms with Crippen molar-refractivity contribution in [2.24, 2.45) is 0 Å². The summed E-state index contributed by atoms with van der Waals surface area (Å²) in [7, 11) is 3.43. The van der Waals surface area contributed by atoms with Crippen molar-refractivity contribution in [3.63, 3.8) is 0 Å². The predicted molar refractivity (Wildman–Crippen MR) is 172 cm³/mol. The zero-order chi connectivity index (χ0) is 27.3. The molecule has 0 amide bonds. The van der Waals surface area contributed by atoms with E-state index in [-0.39, 0.29) is 0 Å². The predicted octanol–water partition coefficient (Wildman–Crippen LogP) is 9.55. The van der Waals surface area contributed by atoms with E-state index in [1.54, 1.807) is 14.2 Å². The summed E-state index contributed by atoms with van der Waals surface area (Å²) < 4.78 is 11.2. The second-order valence-corrected chi connectivity index (χ2v) is 12.0. The van der Waals surface area contributed by atoms with Crippen molar-refractivity contribution in [1.82, 2.24) is 9.97 Å². The Morgan fingerprint density at radius 1 is 0.500 bits per heavy atom. The number of aromatic nitrogens is 2. The van der Waals surface area contributed by atoms with Gasteiger partial charge in [-0.05, 0) is 48.6 Å². The Labute approximate surface area is 243 Å². The van der Waals surface area contributed by atoms with Gasteiger partial charge in [0.25, 0.3) is 0 Å². The molecule has 0 bridgehead atoms. The Morgan fingerprint density at radius 2 is 0.925 bits per heavy atom. The van der Waals surface area contributed by atoms with E-state index in [0.29, 0.717) is 0 Å². The highest BCUT2D eigenvalue weighted by atomic mass is 32.2. The summed E-state index contributed by atoms with van der Waals surface area (Å²) in [4.78, 5) is 12.4. The van der Waals surface area contributed by atoms with Gasteiger partial charge in [0.2, 0.25) is 0 Å². The molecule has 0 unspecified atom stereocenters. The molecule has 6 heteroatoms. The first-order valence-corrected chi connectivity index (χ1v) is 15.7. The lowest BCUT2D eigenvalue weighted by Gasteiger charge is -2.13. The second-order valence-electron chi connectivity index (χ2n) is 9.74. The van der Waals surface area contributed by atoms with Crippen molar-refractivity contribution in [3.05, 3.63) is 84.9 Å². The van der Waals surface area contributed by atoms with Crippen LogP contribution in [0.3, 0.4) is 0 Å². The molecule has 0 spiro atoms. The largest absolute Gasteiger partial charge is 0.494 e. The fourth-order valence-electron chi connectivity index (χ4n) is 5.25. The summed E-state index contributed by atoms with van der Waals surface area (Å²) in [5.74, 6) is 3.84. The van der Waals surface area contributed by atoms with Crippen molar-refractivity contribution in [3.8, 4) is 11.5 Å². The number of unbranched alkanes of at least 4 members (excludes halogenated alkanes) is 3. The molecule has 6 aromatic rings. The fourth-order valence-corrected chi connectivity index (χ4v) is 7.65. The van der Waals surface area contributed by atoms with Gasteiger partial charge in [-0.1, -0.05) is 73.5 Å². The molecule has 0 N–H and O–H groups in total. The summed E-state index contributed by atoms with van der Waals surface area (Å²) in [6.45, 7) is 0. The topological polar surface area (TPSA) is 44.2 Å². The van der Waals surface area contributed by atoms with Gasteiger partial charge in [0.15, 0.2) is 0 Å². The van der Waals surface area contributed by atoms with Crippen LogP contribution in [0.5, 0.6) is 11.5 Å². The third-order valence-corrected chi connectivity index (χ3v) is 9.66. The average Bonchev–Trinajstić information content (AvgIpc) is 3.00. The van der Waals surface area contributed by atoms with E-state index >= 15 is 0 Å². The molecule has 0 saturated carbocycles. The van der Waals surface area contributed by atoms with Crippen LogP contribution in [0.2, 0.25) is 0 Å². The zero-order valence-corrected chi connectivity index (χ0v) is 24.5. The van der Waals surface area contributed by atoms with Crippen LogP contribution in [0.25, 0.3) is 43.6 Å². The Balaban J connectivity index is 1.08. The van der Waals surface area contributed by atoms with Crippen molar-refractivity contribution in [1.29, 1.82) is 0 Å². The Morgan fingerprint density at radius 3 is 1.38 bits per heavy atom. The molecule has 6 rings (SSSR count). The van der Waals surface area contributed by atoms with Crippen molar-refractivity contribution < 1.29 is 9.47 Å². The van der Waals surface area contributed by atoms with E-state index in [1.165, 1.54) is 57.0 Å². The lowest BCUT2D eigenvalue weighted by Crippen LogP contribution is -1.93. The van der Waals surface area contributed by atoms with E-state index in [4.69, 9.17) is 19.4 Å². The van der Waals surface area contributed by atoms with Crippen LogP contribution in [0.4, 0.5) is 0 Å². The van der Waals surface area contributed by atoms with E-state index in [0.717, 1.165) is 45.1 Å². The minimum atomic E-state index is 0.829. The third-order valence-electron chi connectivity index (χ3n) is 7.22. The molecule has 4 aromatic carbocycles. The molecule has 0 aliphatic carbocycles. The molecule has 0 saturated heterocycles. The molecule has 0 radical (unpaired) electrons. The molecular weight excluding hydrogens is 533 g/mol. The van der Waals surface area contributed by atoms with E-state index in [1.807, 2.05) is 35.7 Å². The lowest BCUT2D eigenvalue weighted by molar-refractivity contribution is 0.419. The highest BCUT2D eigenvalue weighted by Crippen LogP contribution is 2.39. The second kappa shape index (κ2) is 12.4. The summed E-state index contributed by atoms with van der Waals surface area (Å²) in [5, 5.41) is 4.79. The maximum Gasteiger partial charge on any atom is 0.145 e. The minimum Gasteiger partial charge on any atom is -0.494 e. The van der Waals surface area contributed by atoms with Crippen molar-refractivity contribution in [2.75, 3.05) is 25.7 Å². The Kier molecular flexibility index (Phi) is 8.26. The third kappa shape index (κ3) is 5.30. The molecule has 2 aromatic heterocycles. The van der Waals surface area contributed by atoms with Gasteiger partial charge in [-0.3, -0.25) is 0 Å². The number of pyridine rings is 2. The van der Waals surface area contributed by atoms with Crippen LogP contribution in [0.15, 0.2) is 94.7 Å². The molecule has 0 fully saturated rings. The highest BCUT2D eigenvalue weighted by molar-refractivity contribution is 8.00. The number of ether oxygens (including phenoxy) is 2. The molecule has 40 heavy (non-hydrogen) atoms. The molecule has 0 aliphatic heterocycles. The monoisotopic (exact) mass is 564 g/mol. The first-order chi connectivity index (χ1) is 19.8. The maximum absolute atomic E-state index is 5.62. The van der Waals surface area contributed by atoms with Crippen LogP contribution in [-0.2, 0) is 0 Å². The van der Waals surface area contributed by atoms with E-state index < -0.39 is 0 Å². The van der Waals surface area contributed by atoms with E-state index in [2.05, 4.69) is 72.8 Å². The summed E-state index contributed by atoms with van der Waals surface area (Å²) >= 11 is 3.89. The van der Waals surface area contributed by atoms with Gasteiger partial charge in [0.1, 0.15) is 22.5 Å². The van der Waals surface area contributed by atoms with Crippen LogP contribution in [0.1, 0.15) is 25.7 Å². The Hall–Kier alpha value is -3.48. The maximum atomic E-state index is 5.62. The number of hydrogen-bond acceptors (Lipinski definition) is 6. The van der Waals surface area contributed by atoms with Gasteiger partial charge < -0.3 is 9.47 Å². The summed E-state index contributed by atoms with van der Waals surface area (Å²) in [5.41, 5.74) is 3.93. The van der Waals surface area contributed by atoms with Crippen LogP contribution in [0, 0.1) is 0 Å². The number of benzene rings is 4. The van der Waals surface area contributed by atoms with Crippen LogP contribution >= 0.6 is 23.5 Å². The number of nitrogens with zero attached hydrogens (tertiary/aromatic N) is 2. The lowest BCUT2D eigenvalue weighted by atomic mass is 10.1. The van der Waals surface area contributed by atoms with Gasteiger partial charge in [-0.25, -0.2) is 9.97 Å². The van der Waals surface area contributed by atoms with Gasteiger partial charge >= 0.3 is 0 Å². The quantitative estimate of drug-likeness (QED) is 0.0887. The normalized spacial score (nSPS) is 11.6. The van der Waals surface area contributed by atoms with Crippen LogP contribution < -0.4 is 9.47 Å². The van der Waals surface area contributed by atoms with Gasteiger partial charge in [-0.15, -0.1) is 23.5 Å². The number of rotatable bonds is 11. The number of hydrogen-bond donors (Lipinski definition) is 0. The Bertz CT molecular complexity index is 1670. The first kappa shape index (κ1) is 26.7. The SMILES string of the molecule is COc1cccc2c(SCCCCCCSc3c4ccccc4nc4c(OC)cccc34)c3ccccc3nc12. The number of methoxy groups -OCH3 is 2. The van der Waals surface area contributed by atoms with Crippen LogP contribution in [-0.4, -0.2) is 35.7 Å². The average molecular weight is 565 g/mol. The highest BCUT2D eigenvalue weighted by Gasteiger charge is 2.14. The van der Waals surface area contributed by atoms with Crippen molar-refractivity contribution >= 4 is 67.1 Å².